The van der Waals surface area contributed by atoms with Crippen LogP contribution in [-0.2, 0) is 21.2 Å². The summed E-state index contributed by atoms with van der Waals surface area (Å²) in [4.78, 5) is 14.2. The lowest BCUT2D eigenvalue weighted by molar-refractivity contribution is -0.132. The van der Waals surface area contributed by atoms with Crippen molar-refractivity contribution in [2.24, 2.45) is 5.92 Å². The number of hydrogen-bond donors (Lipinski definition) is 2. The van der Waals surface area contributed by atoms with Gasteiger partial charge in [0.1, 0.15) is 0 Å². The maximum Gasteiger partial charge on any atom is 0.226 e. The quantitative estimate of drug-likeness (QED) is 0.766. The van der Waals surface area contributed by atoms with Crippen LogP contribution in [0.3, 0.4) is 0 Å². The van der Waals surface area contributed by atoms with E-state index in [1.54, 1.807) is 12.1 Å². The van der Waals surface area contributed by atoms with Crippen molar-refractivity contribution in [2.75, 3.05) is 31.6 Å². The number of hydrogen-bond acceptors (Lipinski definition) is 4. The number of carbonyl (C=O) groups excluding carboxylic acids is 1. The molecule has 3 N–H and O–H groups in total. The molecule has 0 saturated carbocycles. The fourth-order valence-corrected chi connectivity index (χ4v) is 3.19. The zero-order valence-corrected chi connectivity index (χ0v) is 14.8. The molecule has 0 radical (unpaired) electrons. The Bertz CT molecular complexity index is 619. The van der Waals surface area contributed by atoms with Crippen LogP contribution in [0.4, 0.5) is 5.69 Å². The highest BCUT2D eigenvalue weighted by Gasteiger charge is 2.24. The summed E-state index contributed by atoms with van der Waals surface area (Å²) in [5, 5.41) is 0. The Labute approximate surface area is 143 Å². The number of sulfonamides is 1. The third-order valence-electron chi connectivity index (χ3n) is 3.84. The number of amides is 1. The van der Waals surface area contributed by atoms with Crippen LogP contribution in [-0.4, -0.2) is 45.1 Å². The summed E-state index contributed by atoms with van der Waals surface area (Å²) in [5.41, 5.74) is 7.26. The van der Waals surface area contributed by atoms with Gasteiger partial charge in [0.15, 0.2) is 0 Å². The van der Waals surface area contributed by atoms with E-state index < -0.39 is 10.0 Å². The summed E-state index contributed by atoms with van der Waals surface area (Å²) in [6.45, 7) is 1.74. The van der Waals surface area contributed by atoms with Crippen LogP contribution < -0.4 is 10.5 Å². The van der Waals surface area contributed by atoms with Gasteiger partial charge in [0.2, 0.25) is 15.9 Å². The second-order valence-corrected chi connectivity index (χ2v) is 7.72. The van der Waals surface area contributed by atoms with Crippen molar-refractivity contribution in [1.29, 1.82) is 0 Å². The van der Waals surface area contributed by atoms with Gasteiger partial charge in [0.25, 0.3) is 0 Å². The Morgan fingerprint density at radius 1 is 1.35 bits per heavy atom. The molecule has 0 aromatic heterocycles. The van der Waals surface area contributed by atoms with E-state index >= 15 is 0 Å². The van der Waals surface area contributed by atoms with E-state index in [0.717, 1.165) is 31.2 Å². The number of anilines is 1. The van der Waals surface area contributed by atoms with E-state index in [1.165, 1.54) is 0 Å². The maximum atomic E-state index is 12.4. The monoisotopic (exact) mass is 361 g/mol. The number of rotatable bonds is 5. The number of carbonyl (C=O) groups is 1. The highest BCUT2D eigenvalue weighted by molar-refractivity contribution is 7.88. The second-order valence-electron chi connectivity index (χ2n) is 5.89. The normalized spacial score (nSPS) is 18.3. The van der Waals surface area contributed by atoms with Crippen LogP contribution >= 0.6 is 12.4 Å². The molecule has 0 spiro atoms. The van der Waals surface area contributed by atoms with E-state index in [0.29, 0.717) is 25.2 Å². The van der Waals surface area contributed by atoms with E-state index in [-0.39, 0.29) is 24.2 Å². The predicted octanol–water partition coefficient (Wildman–Crippen LogP) is 1.02. The van der Waals surface area contributed by atoms with Gasteiger partial charge in [0, 0.05) is 25.3 Å². The Kier molecular flexibility index (Phi) is 7.31. The van der Waals surface area contributed by atoms with Gasteiger partial charge in [-0.15, -0.1) is 12.4 Å². The van der Waals surface area contributed by atoms with E-state index in [4.69, 9.17) is 5.73 Å². The molecule has 1 atom stereocenters. The summed E-state index contributed by atoms with van der Waals surface area (Å²) in [6, 6.07) is 7.30. The number of benzene rings is 1. The molecule has 8 heteroatoms. The molecule has 1 fully saturated rings. The molecule has 1 aromatic rings. The fourth-order valence-electron chi connectivity index (χ4n) is 2.65. The molecule has 0 bridgehead atoms. The van der Waals surface area contributed by atoms with Crippen molar-refractivity contribution < 1.29 is 13.2 Å². The zero-order chi connectivity index (χ0) is 16.2. The first kappa shape index (κ1) is 19.7. The lowest BCUT2D eigenvalue weighted by atomic mass is 9.97. The molecule has 1 saturated heterocycles. The van der Waals surface area contributed by atoms with Crippen LogP contribution in [0, 0.1) is 5.92 Å². The standard InChI is InChI=1S/C15H23N3O3S.ClH/c1-22(20,21)17-10-13-3-2-8-18(11-13)15(19)9-12-4-6-14(16)7-5-12;/h4-7,13,17H,2-3,8-11,16H2,1H3;1H. The number of piperidine rings is 1. The lowest BCUT2D eigenvalue weighted by Gasteiger charge is -2.33. The Hall–Kier alpha value is -1.31. The van der Waals surface area contributed by atoms with Gasteiger partial charge < -0.3 is 10.6 Å². The molecule has 23 heavy (non-hydrogen) atoms. The molecule has 6 nitrogen and oxygen atoms in total. The number of halogens is 1. The van der Waals surface area contributed by atoms with Crippen molar-refractivity contribution in [3.8, 4) is 0 Å². The molecule has 1 aromatic carbocycles. The van der Waals surface area contributed by atoms with E-state index in [2.05, 4.69) is 4.72 Å². The second kappa shape index (κ2) is 8.52. The summed E-state index contributed by atoms with van der Waals surface area (Å²) in [5.74, 6) is 0.257. The van der Waals surface area contributed by atoms with E-state index in [1.807, 2.05) is 17.0 Å². The molecule has 1 aliphatic rings. The first-order chi connectivity index (χ1) is 10.3. The largest absolute Gasteiger partial charge is 0.399 e. The number of likely N-dealkylation sites (tertiary alicyclic amines) is 1. The average Bonchev–Trinajstić information content (AvgIpc) is 2.47. The molecule has 2 rings (SSSR count). The SMILES string of the molecule is CS(=O)(=O)NCC1CCCN(C(=O)Cc2ccc(N)cc2)C1.Cl. The number of nitrogen functional groups attached to an aromatic ring is 1. The smallest absolute Gasteiger partial charge is 0.226 e. The van der Waals surface area contributed by atoms with Crippen molar-refractivity contribution in [3.05, 3.63) is 29.8 Å². The molecule has 1 unspecified atom stereocenters. The molecule has 1 aliphatic heterocycles. The summed E-state index contributed by atoms with van der Waals surface area (Å²) < 4.78 is 24.8. The van der Waals surface area contributed by atoms with Gasteiger partial charge in [-0.25, -0.2) is 13.1 Å². The lowest BCUT2D eigenvalue weighted by Crippen LogP contribution is -2.44. The minimum absolute atomic E-state index is 0. The molecule has 130 valence electrons. The average molecular weight is 362 g/mol. The van der Waals surface area contributed by atoms with Gasteiger partial charge in [0.05, 0.1) is 12.7 Å². The summed E-state index contributed by atoms with van der Waals surface area (Å²) in [7, 11) is -3.18. The Morgan fingerprint density at radius 3 is 2.61 bits per heavy atom. The van der Waals surface area contributed by atoms with Gasteiger partial charge in [-0.3, -0.25) is 4.79 Å². The maximum absolute atomic E-state index is 12.4. The summed E-state index contributed by atoms with van der Waals surface area (Å²) in [6.07, 6.45) is 3.35. The zero-order valence-electron chi connectivity index (χ0n) is 13.2. The summed E-state index contributed by atoms with van der Waals surface area (Å²) >= 11 is 0. The first-order valence-corrected chi connectivity index (χ1v) is 9.29. The Morgan fingerprint density at radius 2 is 2.00 bits per heavy atom. The molecular weight excluding hydrogens is 338 g/mol. The van der Waals surface area contributed by atoms with Crippen LogP contribution in [0.2, 0.25) is 0 Å². The fraction of sp³-hybridized carbons (Fsp3) is 0.533. The number of nitrogens with one attached hydrogen (secondary N) is 1. The molecule has 1 heterocycles. The number of nitrogens with two attached hydrogens (primary N) is 1. The molecule has 0 aliphatic carbocycles. The minimum atomic E-state index is -3.18. The molecular formula is C15H24ClN3O3S. The highest BCUT2D eigenvalue weighted by atomic mass is 35.5. The van der Waals surface area contributed by atoms with Crippen molar-refractivity contribution >= 4 is 34.0 Å². The van der Waals surface area contributed by atoms with Crippen molar-refractivity contribution in [2.45, 2.75) is 19.3 Å². The van der Waals surface area contributed by atoms with E-state index in [9.17, 15) is 13.2 Å². The van der Waals surface area contributed by atoms with Crippen LogP contribution in [0.5, 0.6) is 0 Å². The first-order valence-electron chi connectivity index (χ1n) is 7.40. The van der Waals surface area contributed by atoms with Crippen LogP contribution in [0.25, 0.3) is 0 Å². The van der Waals surface area contributed by atoms with Crippen molar-refractivity contribution in [1.82, 2.24) is 9.62 Å². The topological polar surface area (TPSA) is 92.5 Å². The third kappa shape index (κ3) is 6.76. The van der Waals surface area contributed by atoms with Gasteiger partial charge in [-0.05, 0) is 36.5 Å². The Balaban J connectivity index is 0.00000264. The molecule has 1 amide bonds. The predicted molar refractivity (Wildman–Crippen MR) is 94.0 cm³/mol. The van der Waals surface area contributed by atoms with Gasteiger partial charge >= 0.3 is 0 Å². The minimum Gasteiger partial charge on any atom is -0.399 e. The van der Waals surface area contributed by atoms with Gasteiger partial charge in [-0.1, -0.05) is 12.1 Å². The van der Waals surface area contributed by atoms with Gasteiger partial charge in [-0.2, -0.15) is 0 Å². The van der Waals surface area contributed by atoms with Crippen LogP contribution in [0.15, 0.2) is 24.3 Å². The third-order valence-corrected chi connectivity index (χ3v) is 4.53. The van der Waals surface area contributed by atoms with Crippen molar-refractivity contribution in [3.63, 3.8) is 0 Å². The highest BCUT2D eigenvalue weighted by Crippen LogP contribution is 2.17. The van der Waals surface area contributed by atoms with Crippen LogP contribution in [0.1, 0.15) is 18.4 Å². The number of nitrogens with zero attached hydrogens (tertiary/aromatic N) is 1.